The Morgan fingerprint density at radius 1 is 0.969 bits per heavy atom. The maximum Gasteiger partial charge on any atom is 0.228 e. The molecule has 1 aromatic carbocycles. The van der Waals surface area contributed by atoms with Crippen molar-refractivity contribution in [3.63, 3.8) is 0 Å². The Labute approximate surface area is 185 Å². The average Bonchev–Trinajstić information content (AvgIpc) is 3.28. The molecule has 1 aliphatic heterocycles. The Morgan fingerprint density at radius 2 is 1.88 bits per heavy atom. The molecule has 0 spiro atoms. The summed E-state index contributed by atoms with van der Waals surface area (Å²) in [6.45, 7) is 5.40. The Balaban J connectivity index is 1.14. The molecule has 1 saturated heterocycles. The van der Waals surface area contributed by atoms with Crippen LogP contribution in [-0.2, 0) is 11.3 Å². The van der Waals surface area contributed by atoms with Gasteiger partial charge in [0.25, 0.3) is 0 Å². The third kappa shape index (κ3) is 5.04. The molecule has 5 rings (SSSR count). The molecule has 0 bridgehead atoms. The van der Waals surface area contributed by atoms with Crippen LogP contribution in [0.15, 0.2) is 65.5 Å². The Bertz CT molecular complexity index is 1140. The first-order valence-electron chi connectivity index (χ1n) is 10.7. The van der Waals surface area contributed by atoms with Crippen molar-refractivity contribution in [3.05, 3.63) is 66.7 Å². The van der Waals surface area contributed by atoms with Gasteiger partial charge in [0.05, 0.1) is 30.7 Å². The number of pyridine rings is 2. The Kier molecular flexibility index (Phi) is 6.23. The van der Waals surface area contributed by atoms with Gasteiger partial charge in [0.15, 0.2) is 5.58 Å². The molecule has 0 N–H and O–H groups in total. The molecule has 4 aromatic rings. The quantitative estimate of drug-likeness (QED) is 0.418. The van der Waals surface area contributed by atoms with Crippen molar-refractivity contribution >= 4 is 11.1 Å². The minimum atomic E-state index is 0.354. The number of oxazole rings is 1. The topological polar surface area (TPSA) is 82.7 Å². The van der Waals surface area contributed by atoms with Gasteiger partial charge in [-0.3, -0.25) is 14.9 Å². The summed E-state index contributed by atoms with van der Waals surface area (Å²) < 4.78 is 22.9. The highest BCUT2D eigenvalue weighted by Gasteiger charge is 2.11. The summed E-state index contributed by atoms with van der Waals surface area (Å²) in [5.41, 5.74) is 3.09. The molecule has 8 heteroatoms. The van der Waals surface area contributed by atoms with Gasteiger partial charge in [0.1, 0.15) is 30.2 Å². The molecule has 0 aliphatic carbocycles. The fourth-order valence-corrected chi connectivity index (χ4v) is 3.47. The largest absolute Gasteiger partial charge is 0.491 e. The van der Waals surface area contributed by atoms with Gasteiger partial charge in [-0.2, -0.15) is 0 Å². The van der Waals surface area contributed by atoms with Crippen molar-refractivity contribution in [2.24, 2.45) is 0 Å². The lowest BCUT2D eigenvalue weighted by Crippen LogP contribution is -2.38. The third-order valence-corrected chi connectivity index (χ3v) is 5.23. The molecule has 0 radical (unpaired) electrons. The fourth-order valence-electron chi connectivity index (χ4n) is 3.47. The van der Waals surface area contributed by atoms with Gasteiger partial charge >= 0.3 is 0 Å². The Morgan fingerprint density at radius 3 is 2.69 bits per heavy atom. The number of benzene rings is 1. The van der Waals surface area contributed by atoms with Gasteiger partial charge in [0, 0.05) is 38.1 Å². The smallest absolute Gasteiger partial charge is 0.228 e. The van der Waals surface area contributed by atoms with Crippen LogP contribution < -0.4 is 9.47 Å². The number of nitrogens with zero attached hydrogens (tertiary/aromatic N) is 4. The van der Waals surface area contributed by atoms with Crippen molar-refractivity contribution in [2.45, 2.75) is 6.61 Å². The van der Waals surface area contributed by atoms with Crippen LogP contribution in [0.3, 0.4) is 0 Å². The summed E-state index contributed by atoms with van der Waals surface area (Å²) in [5.74, 6) is 2.00. The van der Waals surface area contributed by atoms with Crippen LogP contribution in [0.5, 0.6) is 11.5 Å². The van der Waals surface area contributed by atoms with E-state index < -0.39 is 0 Å². The molecule has 0 unspecified atom stereocenters. The fraction of sp³-hybridized carbons (Fsp3) is 0.292. The molecule has 0 atom stereocenters. The first-order valence-corrected chi connectivity index (χ1v) is 10.7. The van der Waals surface area contributed by atoms with Crippen molar-refractivity contribution in [1.82, 2.24) is 19.9 Å². The van der Waals surface area contributed by atoms with Gasteiger partial charge in [-0.25, -0.2) is 4.98 Å². The van der Waals surface area contributed by atoms with Crippen molar-refractivity contribution < 1.29 is 18.6 Å². The minimum absolute atomic E-state index is 0.354. The second-order valence-electron chi connectivity index (χ2n) is 7.47. The van der Waals surface area contributed by atoms with Crippen molar-refractivity contribution in [1.29, 1.82) is 0 Å². The van der Waals surface area contributed by atoms with E-state index in [4.69, 9.17) is 18.6 Å². The molecule has 3 aromatic heterocycles. The summed E-state index contributed by atoms with van der Waals surface area (Å²) in [6, 6.07) is 13.2. The second-order valence-corrected chi connectivity index (χ2v) is 7.47. The Hall–Kier alpha value is -3.49. The molecule has 164 valence electrons. The van der Waals surface area contributed by atoms with Gasteiger partial charge in [0.2, 0.25) is 5.89 Å². The van der Waals surface area contributed by atoms with E-state index >= 15 is 0 Å². The van der Waals surface area contributed by atoms with E-state index in [1.54, 1.807) is 18.6 Å². The van der Waals surface area contributed by atoms with Crippen LogP contribution >= 0.6 is 0 Å². The monoisotopic (exact) mass is 432 g/mol. The normalized spacial score (nSPS) is 14.5. The maximum absolute atomic E-state index is 5.90. The zero-order valence-electron chi connectivity index (χ0n) is 17.6. The molecule has 0 amide bonds. The van der Waals surface area contributed by atoms with E-state index in [-0.39, 0.29) is 0 Å². The van der Waals surface area contributed by atoms with E-state index in [2.05, 4.69) is 19.9 Å². The van der Waals surface area contributed by atoms with E-state index in [0.717, 1.165) is 55.4 Å². The van der Waals surface area contributed by atoms with Gasteiger partial charge in [-0.15, -0.1) is 0 Å². The molecular weight excluding hydrogens is 408 g/mol. The van der Waals surface area contributed by atoms with Crippen LogP contribution in [0, 0.1) is 0 Å². The number of aromatic nitrogens is 3. The van der Waals surface area contributed by atoms with E-state index in [0.29, 0.717) is 30.4 Å². The molecule has 0 saturated carbocycles. The van der Waals surface area contributed by atoms with Crippen LogP contribution in [0.4, 0.5) is 0 Å². The van der Waals surface area contributed by atoms with Crippen molar-refractivity contribution in [3.8, 4) is 23.0 Å². The zero-order valence-corrected chi connectivity index (χ0v) is 17.6. The lowest BCUT2D eigenvalue weighted by Gasteiger charge is -2.26. The summed E-state index contributed by atoms with van der Waals surface area (Å²) in [4.78, 5) is 15.4. The summed E-state index contributed by atoms with van der Waals surface area (Å²) >= 11 is 0. The summed E-state index contributed by atoms with van der Waals surface area (Å²) in [5, 5.41) is 0. The molecular formula is C24H24N4O4. The number of fused-ring (bicyclic) bond motifs is 1. The van der Waals surface area contributed by atoms with Gasteiger partial charge in [-0.1, -0.05) is 0 Å². The molecule has 1 fully saturated rings. The maximum atomic E-state index is 5.90. The van der Waals surface area contributed by atoms with Gasteiger partial charge in [-0.05, 0) is 36.4 Å². The minimum Gasteiger partial charge on any atom is -0.491 e. The molecule has 4 heterocycles. The first-order chi connectivity index (χ1) is 15.8. The van der Waals surface area contributed by atoms with Gasteiger partial charge < -0.3 is 18.6 Å². The highest BCUT2D eigenvalue weighted by Crippen LogP contribution is 2.26. The number of hydrogen-bond acceptors (Lipinski definition) is 8. The van der Waals surface area contributed by atoms with E-state index in [9.17, 15) is 0 Å². The number of morpholine rings is 1. The van der Waals surface area contributed by atoms with Crippen LogP contribution in [0.2, 0.25) is 0 Å². The zero-order chi connectivity index (χ0) is 21.6. The SMILES string of the molecule is c1cncc(-c2nc3cc(OCc4ccc(OCCN5CCOCC5)cn4)ccc3o2)c1. The summed E-state index contributed by atoms with van der Waals surface area (Å²) in [7, 11) is 0. The number of ether oxygens (including phenoxy) is 3. The van der Waals surface area contributed by atoms with Crippen LogP contribution in [-0.4, -0.2) is 59.3 Å². The highest BCUT2D eigenvalue weighted by atomic mass is 16.5. The van der Waals surface area contributed by atoms with E-state index in [1.807, 2.05) is 42.5 Å². The molecule has 32 heavy (non-hydrogen) atoms. The lowest BCUT2D eigenvalue weighted by atomic mass is 10.3. The number of rotatable bonds is 8. The predicted octanol–water partition coefficient (Wildman–Crippen LogP) is 3.57. The lowest BCUT2D eigenvalue weighted by molar-refractivity contribution is 0.0322. The summed E-state index contributed by atoms with van der Waals surface area (Å²) in [6.07, 6.45) is 5.18. The van der Waals surface area contributed by atoms with Crippen molar-refractivity contribution in [2.75, 3.05) is 39.5 Å². The number of hydrogen-bond donors (Lipinski definition) is 0. The highest BCUT2D eigenvalue weighted by molar-refractivity contribution is 5.77. The molecule has 8 nitrogen and oxygen atoms in total. The standard InChI is InChI=1S/C24H24N4O4/c1-2-18(15-25-7-1)24-27-22-14-20(5-6-23(22)32-24)31-17-19-3-4-21(16-26-19)30-13-10-28-8-11-29-12-9-28/h1-7,14-16H,8-13,17H2. The van der Waals surface area contributed by atoms with Crippen LogP contribution in [0.1, 0.15) is 5.69 Å². The third-order valence-electron chi connectivity index (χ3n) is 5.23. The predicted molar refractivity (Wildman–Crippen MR) is 119 cm³/mol. The van der Waals surface area contributed by atoms with Crippen LogP contribution in [0.25, 0.3) is 22.6 Å². The second kappa shape index (κ2) is 9.76. The first kappa shape index (κ1) is 20.4. The average molecular weight is 432 g/mol. The van der Waals surface area contributed by atoms with E-state index in [1.165, 1.54) is 0 Å². The molecule has 1 aliphatic rings.